The van der Waals surface area contributed by atoms with E-state index in [2.05, 4.69) is 25.8 Å². The summed E-state index contributed by atoms with van der Waals surface area (Å²) >= 11 is 0. The highest BCUT2D eigenvalue weighted by atomic mass is 16.6. The van der Waals surface area contributed by atoms with Crippen molar-refractivity contribution in [1.29, 1.82) is 0 Å². The third-order valence-electron chi connectivity index (χ3n) is 4.42. The third kappa shape index (κ3) is 9.78. The van der Waals surface area contributed by atoms with E-state index in [9.17, 15) is 4.79 Å². The van der Waals surface area contributed by atoms with Crippen LogP contribution in [0.25, 0.3) is 0 Å². The number of aliphatic imine (C=N–C) groups is 1. The fourth-order valence-corrected chi connectivity index (χ4v) is 2.87. The molecule has 0 spiro atoms. The summed E-state index contributed by atoms with van der Waals surface area (Å²) in [5.41, 5.74) is 0.609. The number of methoxy groups -OCH3 is 2. The molecule has 1 atom stereocenters. The van der Waals surface area contributed by atoms with Crippen molar-refractivity contribution in [1.82, 2.24) is 20.9 Å². The van der Waals surface area contributed by atoms with Crippen molar-refractivity contribution in [3.8, 4) is 11.5 Å². The van der Waals surface area contributed by atoms with E-state index < -0.39 is 11.7 Å². The predicted octanol–water partition coefficient (Wildman–Crippen LogP) is 2.39. The summed E-state index contributed by atoms with van der Waals surface area (Å²) in [5, 5.41) is 9.37. The van der Waals surface area contributed by atoms with Crippen LogP contribution in [0.4, 0.5) is 4.79 Å². The Morgan fingerprint density at radius 1 is 1.06 bits per heavy atom. The van der Waals surface area contributed by atoms with E-state index in [1.165, 1.54) is 0 Å². The number of carbonyl (C=O) groups excluding carboxylic acids is 1. The molecule has 0 fully saturated rings. The normalized spacial score (nSPS) is 12.9. The Hall–Kier alpha value is -2.68. The second-order valence-corrected chi connectivity index (χ2v) is 8.26. The summed E-state index contributed by atoms with van der Waals surface area (Å²) in [4.78, 5) is 18.1. The van der Waals surface area contributed by atoms with Crippen LogP contribution in [0.5, 0.6) is 11.5 Å². The zero-order valence-corrected chi connectivity index (χ0v) is 20.2. The number of alkyl carbamates (subject to hydrolysis) is 1. The number of hydrogen-bond acceptors (Lipinski definition) is 6. The third-order valence-corrected chi connectivity index (χ3v) is 4.42. The molecule has 0 aliphatic carbocycles. The molecule has 1 amide bonds. The SMILES string of the molecule is CN=C(NCCCNC(=O)OC(C)(C)C)NCC(c1ccc(OC)c(OC)c1)N(C)C. The van der Waals surface area contributed by atoms with Crippen LogP contribution in [0.2, 0.25) is 0 Å². The van der Waals surface area contributed by atoms with Crippen molar-refractivity contribution >= 4 is 12.1 Å². The van der Waals surface area contributed by atoms with E-state index >= 15 is 0 Å². The van der Waals surface area contributed by atoms with Crippen LogP contribution in [0, 0.1) is 0 Å². The number of nitrogens with one attached hydrogen (secondary N) is 3. The Bertz CT molecular complexity index is 716. The molecule has 0 radical (unpaired) electrons. The number of likely N-dealkylation sites (N-methyl/N-ethyl adjacent to an activating group) is 1. The van der Waals surface area contributed by atoms with Gasteiger partial charge in [-0.05, 0) is 59.0 Å². The van der Waals surface area contributed by atoms with Gasteiger partial charge in [-0.15, -0.1) is 0 Å². The topological polar surface area (TPSA) is 96.5 Å². The second kappa shape index (κ2) is 12.9. The van der Waals surface area contributed by atoms with Crippen LogP contribution in [-0.4, -0.2) is 77.6 Å². The molecule has 9 heteroatoms. The van der Waals surface area contributed by atoms with Crippen LogP contribution in [0.1, 0.15) is 38.8 Å². The van der Waals surface area contributed by atoms with Crippen LogP contribution in [0.15, 0.2) is 23.2 Å². The first kappa shape index (κ1) is 26.4. The van der Waals surface area contributed by atoms with Gasteiger partial charge in [-0.2, -0.15) is 0 Å². The summed E-state index contributed by atoms with van der Waals surface area (Å²) < 4.78 is 16.0. The number of carbonyl (C=O) groups is 1. The lowest BCUT2D eigenvalue weighted by molar-refractivity contribution is 0.0527. The summed E-state index contributed by atoms with van der Waals surface area (Å²) in [6.07, 6.45) is 0.339. The van der Waals surface area contributed by atoms with Crippen molar-refractivity contribution in [2.45, 2.75) is 38.8 Å². The van der Waals surface area contributed by atoms with Gasteiger partial charge in [0.15, 0.2) is 17.5 Å². The molecule has 9 nitrogen and oxygen atoms in total. The quantitative estimate of drug-likeness (QED) is 0.294. The smallest absolute Gasteiger partial charge is 0.407 e. The maximum Gasteiger partial charge on any atom is 0.407 e. The number of ether oxygens (including phenoxy) is 3. The lowest BCUT2D eigenvalue weighted by atomic mass is 10.1. The van der Waals surface area contributed by atoms with Gasteiger partial charge in [-0.1, -0.05) is 6.07 Å². The Labute approximate surface area is 186 Å². The van der Waals surface area contributed by atoms with E-state index in [0.717, 1.165) is 12.0 Å². The molecular weight excluding hydrogens is 398 g/mol. The summed E-state index contributed by atoms with van der Waals surface area (Å²) in [5.74, 6) is 2.10. The largest absolute Gasteiger partial charge is 0.493 e. The second-order valence-electron chi connectivity index (χ2n) is 8.26. The molecule has 0 heterocycles. The number of benzene rings is 1. The van der Waals surface area contributed by atoms with Gasteiger partial charge in [0.25, 0.3) is 0 Å². The first-order valence-electron chi connectivity index (χ1n) is 10.4. The van der Waals surface area contributed by atoms with Crippen molar-refractivity contribution < 1.29 is 19.0 Å². The highest BCUT2D eigenvalue weighted by molar-refractivity contribution is 5.79. The fraction of sp³-hybridized carbons (Fsp3) is 0.636. The first-order valence-corrected chi connectivity index (χ1v) is 10.4. The highest BCUT2D eigenvalue weighted by Crippen LogP contribution is 2.31. The lowest BCUT2D eigenvalue weighted by Crippen LogP contribution is -2.42. The van der Waals surface area contributed by atoms with Crippen molar-refractivity contribution in [2.75, 3.05) is 55.0 Å². The number of guanidine groups is 1. The van der Waals surface area contributed by atoms with E-state index in [1.807, 2.05) is 53.1 Å². The van der Waals surface area contributed by atoms with E-state index in [-0.39, 0.29) is 6.04 Å². The van der Waals surface area contributed by atoms with Gasteiger partial charge < -0.3 is 35.1 Å². The summed E-state index contributed by atoms with van der Waals surface area (Å²) in [6.45, 7) is 7.36. The molecule has 0 aromatic heterocycles. The van der Waals surface area contributed by atoms with Gasteiger partial charge in [-0.3, -0.25) is 4.99 Å². The monoisotopic (exact) mass is 437 g/mol. The molecule has 1 unspecified atom stereocenters. The molecule has 1 aromatic carbocycles. The fourth-order valence-electron chi connectivity index (χ4n) is 2.87. The Morgan fingerprint density at radius 3 is 2.26 bits per heavy atom. The van der Waals surface area contributed by atoms with Gasteiger partial charge in [0, 0.05) is 26.7 Å². The van der Waals surface area contributed by atoms with E-state index in [4.69, 9.17) is 14.2 Å². The lowest BCUT2D eigenvalue weighted by Gasteiger charge is -2.26. The Balaban J connectivity index is 2.53. The Morgan fingerprint density at radius 2 is 1.71 bits per heavy atom. The molecule has 0 aliphatic heterocycles. The number of amides is 1. The molecule has 0 saturated carbocycles. The van der Waals surface area contributed by atoms with Gasteiger partial charge >= 0.3 is 6.09 Å². The standard InChI is InChI=1S/C22H39N5O4/c1-22(2,3)31-21(28)25-13-9-12-24-20(23-4)26-15-17(27(5)6)16-10-11-18(29-7)19(14-16)30-8/h10-11,14,17H,9,12-13,15H2,1-8H3,(H,25,28)(H2,23,24,26). The first-order chi connectivity index (χ1) is 14.6. The summed E-state index contributed by atoms with van der Waals surface area (Å²) in [7, 11) is 9.05. The van der Waals surface area contributed by atoms with Crippen LogP contribution in [-0.2, 0) is 4.74 Å². The van der Waals surface area contributed by atoms with Crippen molar-refractivity contribution in [3.63, 3.8) is 0 Å². The minimum atomic E-state index is -0.495. The predicted molar refractivity (Wildman–Crippen MR) is 124 cm³/mol. The molecule has 3 N–H and O–H groups in total. The van der Waals surface area contributed by atoms with Crippen molar-refractivity contribution in [2.24, 2.45) is 4.99 Å². The molecule has 0 saturated heterocycles. The van der Waals surface area contributed by atoms with Crippen molar-refractivity contribution in [3.05, 3.63) is 23.8 Å². The minimum absolute atomic E-state index is 0.104. The van der Waals surface area contributed by atoms with Crippen LogP contribution < -0.4 is 25.4 Å². The molecule has 1 aromatic rings. The average molecular weight is 438 g/mol. The molecule has 176 valence electrons. The van der Waals surface area contributed by atoms with E-state index in [0.29, 0.717) is 37.1 Å². The molecule has 1 rings (SSSR count). The highest BCUT2D eigenvalue weighted by Gasteiger charge is 2.17. The zero-order chi connectivity index (χ0) is 23.4. The van der Waals surface area contributed by atoms with E-state index in [1.54, 1.807) is 21.3 Å². The molecule has 0 bridgehead atoms. The van der Waals surface area contributed by atoms with Gasteiger partial charge in [0.1, 0.15) is 5.60 Å². The number of rotatable bonds is 10. The maximum absolute atomic E-state index is 11.7. The van der Waals surface area contributed by atoms with Crippen LogP contribution in [0.3, 0.4) is 0 Å². The average Bonchev–Trinajstić information content (AvgIpc) is 2.70. The maximum atomic E-state index is 11.7. The Kier molecular flexibility index (Phi) is 11.0. The van der Waals surface area contributed by atoms with Crippen LogP contribution >= 0.6 is 0 Å². The number of hydrogen-bond donors (Lipinski definition) is 3. The number of nitrogens with zero attached hydrogens (tertiary/aromatic N) is 2. The zero-order valence-electron chi connectivity index (χ0n) is 20.2. The molecular formula is C22H39N5O4. The minimum Gasteiger partial charge on any atom is -0.493 e. The van der Waals surface area contributed by atoms with Gasteiger partial charge in [-0.25, -0.2) is 4.79 Å². The van der Waals surface area contributed by atoms with Gasteiger partial charge in [0.2, 0.25) is 0 Å². The summed E-state index contributed by atoms with van der Waals surface area (Å²) in [6, 6.07) is 6.04. The molecule has 31 heavy (non-hydrogen) atoms. The molecule has 0 aliphatic rings. The van der Waals surface area contributed by atoms with Gasteiger partial charge in [0.05, 0.1) is 20.3 Å².